The molecule has 1 aromatic heterocycles. The molecule has 3 aromatic rings. The molecule has 0 unspecified atom stereocenters. The molecule has 8 heteroatoms. The molecule has 0 bridgehead atoms. The minimum Gasteiger partial charge on any atom is -0.493 e. The minimum atomic E-state index is -0.764. The van der Waals surface area contributed by atoms with Gasteiger partial charge in [0.2, 0.25) is 11.6 Å². The lowest BCUT2D eigenvalue weighted by molar-refractivity contribution is -0.114. The summed E-state index contributed by atoms with van der Waals surface area (Å²) in [6.45, 7) is 0.950. The molecule has 148 valence electrons. The van der Waals surface area contributed by atoms with Gasteiger partial charge in [0.15, 0.2) is 18.1 Å². The number of hydrogen-bond acceptors (Lipinski definition) is 6. The molecule has 0 saturated carbocycles. The molecule has 0 aliphatic rings. The third-order valence-corrected chi connectivity index (χ3v) is 3.98. The van der Waals surface area contributed by atoms with E-state index in [1.807, 2.05) is 30.3 Å². The molecule has 2 aromatic carbocycles. The quantitative estimate of drug-likeness (QED) is 0.489. The number of esters is 1. The van der Waals surface area contributed by atoms with Crippen LogP contribution in [0.5, 0.6) is 5.75 Å². The van der Waals surface area contributed by atoms with Crippen molar-refractivity contribution in [3.05, 3.63) is 72.1 Å². The molecule has 29 heavy (non-hydrogen) atoms. The lowest BCUT2D eigenvalue weighted by atomic mass is 10.1. The Labute approximate surface area is 167 Å². The summed E-state index contributed by atoms with van der Waals surface area (Å²) in [6.07, 6.45) is 1.56. The normalized spacial score (nSPS) is 10.3. The van der Waals surface area contributed by atoms with Gasteiger partial charge >= 0.3 is 5.97 Å². The van der Waals surface area contributed by atoms with Gasteiger partial charge in [0.05, 0.1) is 19.0 Å². The van der Waals surface area contributed by atoms with Gasteiger partial charge in [0.1, 0.15) is 0 Å². The number of rotatable bonds is 7. The molecule has 0 saturated heterocycles. The largest absolute Gasteiger partial charge is 0.493 e. The zero-order valence-corrected chi connectivity index (χ0v) is 15.9. The molecule has 1 N–H and O–H groups in total. The lowest BCUT2D eigenvalue weighted by Crippen LogP contribution is -2.15. The average molecular weight is 393 g/mol. The zero-order valence-electron chi connectivity index (χ0n) is 15.9. The molecule has 1 heterocycles. The van der Waals surface area contributed by atoms with Crippen LogP contribution in [0.15, 0.2) is 60.8 Å². The Hall–Kier alpha value is -3.94. The van der Waals surface area contributed by atoms with E-state index in [2.05, 4.69) is 10.4 Å². The number of para-hydroxylation sites is 1. The van der Waals surface area contributed by atoms with E-state index in [0.29, 0.717) is 11.3 Å². The van der Waals surface area contributed by atoms with Crippen LogP contribution >= 0.6 is 0 Å². The van der Waals surface area contributed by atoms with E-state index >= 15 is 0 Å². The monoisotopic (exact) mass is 393 g/mol. The molecule has 1 amide bonds. The first-order valence-electron chi connectivity index (χ1n) is 8.75. The van der Waals surface area contributed by atoms with Gasteiger partial charge < -0.3 is 14.8 Å². The highest BCUT2D eigenvalue weighted by atomic mass is 16.5. The first-order valence-corrected chi connectivity index (χ1v) is 8.75. The third kappa shape index (κ3) is 4.86. The number of methoxy groups -OCH3 is 1. The van der Waals surface area contributed by atoms with Gasteiger partial charge in [0.25, 0.3) is 0 Å². The fourth-order valence-corrected chi connectivity index (χ4v) is 2.59. The molecule has 3 rings (SSSR count). The van der Waals surface area contributed by atoms with Crippen molar-refractivity contribution in [2.24, 2.45) is 0 Å². The average Bonchev–Trinajstić information content (AvgIpc) is 3.17. The van der Waals surface area contributed by atoms with E-state index in [4.69, 9.17) is 9.47 Å². The van der Waals surface area contributed by atoms with Crippen molar-refractivity contribution in [1.29, 1.82) is 0 Å². The molecule has 0 aliphatic heterocycles. The Morgan fingerprint density at radius 2 is 1.72 bits per heavy atom. The van der Waals surface area contributed by atoms with E-state index in [9.17, 15) is 14.4 Å². The van der Waals surface area contributed by atoms with Crippen LogP contribution in [0, 0.1) is 0 Å². The smallest absolute Gasteiger partial charge is 0.363 e. The number of nitrogens with one attached hydrogen (secondary N) is 1. The van der Waals surface area contributed by atoms with Gasteiger partial charge in [-0.05, 0) is 36.4 Å². The number of anilines is 1. The number of Topliss-reactive ketones (excluding diaryl/α,β-unsaturated/α-hetero) is 1. The third-order valence-electron chi connectivity index (χ3n) is 3.98. The summed E-state index contributed by atoms with van der Waals surface area (Å²) >= 11 is 0. The zero-order chi connectivity index (χ0) is 20.8. The highest BCUT2D eigenvalue weighted by Crippen LogP contribution is 2.20. The summed E-state index contributed by atoms with van der Waals surface area (Å²) < 4.78 is 11.8. The van der Waals surface area contributed by atoms with Crippen LogP contribution in [-0.4, -0.2) is 41.2 Å². The van der Waals surface area contributed by atoms with E-state index in [1.165, 1.54) is 18.7 Å². The predicted molar refractivity (Wildman–Crippen MR) is 105 cm³/mol. The Balaban J connectivity index is 1.66. The first kappa shape index (κ1) is 19.8. The maximum atomic E-state index is 12.4. The van der Waals surface area contributed by atoms with Crippen molar-refractivity contribution >= 4 is 23.3 Å². The SMILES string of the molecule is COc1cn(-c2ccccc2)nc1C(=O)OCC(=O)c1ccc(NC(C)=O)cc1. The maximum absolute atomic E-state index is 12.4. The number of amides is 1. The van der Waals surface area contributed by atoms with E-state index in [0.717, 1.165) is 5.69 Å². The van der Waals surface area contributed by atoms with Crippen LogP contribution < -0.4 is 10.1 Å². The van der Waals surface area contributed by atoms with Crippen LogP contribution in [0.1, 0.15) is 27.8 Å². The standard InChI is InChI=1S/C21H19N3O5/c1-14(25)22-16-10-8-15(9-11-16)18(26)13-29-21(27)20-19(28-2)12-24(23-20)17-6-4-3-5-7-17/h3-12H,13H2,1-2H3,(H,22,25). The molecule has 0 atom stereocenters. The molecular weight excluding hydrogens is 374 g/mol. The second-order valence-corrected chi connectivity index (χ2v) is 6.08. The highest BCUT2D eigenvalue weighted by molar-refractivity contribution is 6.00. The summed E-state index contributed by atoms with van der Waals surface area (Å²) in [5.41, 5.74) is 1.65. The van der Waals surface area contributed by atoms with Crippen molar-refractivity contribution in [3.8, 4) is 11.4 Å². The molecule has 0 fully saturated rings. The summed E-state index contributed by atoms with van der Waals surface area (Å²) in [4.78, 5) is 35.7. The highest BCUT2D eigenvalue weighted by Gasteiger charge is 2.21. The van der Waals surface area contributed by atoms with Crippen molar-refractivity contribution in [1.82, 2.24) is 9.78 Å². The molecule has 0 radical (unpaired) electrons. The fraction of sp³-hybridized carbons (Fsp3) is 0.143. The van der Waals surface area contributed by atoms with Gasteiger partial charge in [0, 0.05) is 18.2 Å². The maximum Gasteiger partial charge on any atom is 0.363 e. The van der Waals surface area contributed by atoms with Gasteiger partial charge in [-0.25, -0.2) is 9.48 Å². The van der Waals surface area contributed by atoms with E-state index < -0.39 is 12.6 Å². The minimum absolute atomic E-state index is 0.0230. The van der Waals surface area contributed by atoms with Crippen molar-refractivity contribution in [2.75, 3.05) is 19.0 Å². The molecule has 0 aliphatic carbocycles. The number of aromatic nitrogens is 2. The topological polar surface area (TPSA) is 99.5 Å². The summed E-state index contributed by atoms with van der Waals surface area (Å²) in [5.74, 6) is -1.11. The predicted octanol–water partition coefficient (Wildman–Crippen LogP) is 2.88. The second kappa shape index (κ2) is 8.83. The number of ether oxygens (including phenoxy) is 2. The van der Waals surface area contributed by atoms with Crippen LogP contribution in [0.25, 0.3) is 5.69 Å². The Morgan fingerprint density at radius 3 is 2.34 bits per heavy atom. The van der Waals surface area contributed by atoms with E-state index in [-0.39, 0.29) is 23.1 Å². The molecule has 8 nitrogen and oxygen atoms in total. The Morgan fingerprint density at radius 1 is 1.03 bits per heavy atom. The Kier molecular flexibility index (Phi) is 6.03. The summed E-state index contributed by atoms with van der Waals surface area (Å²) in [7, 11) is 1.42. The van der Waals surface area contributed by atoms with Gasteiger partial charge in [-0.2, -0.15) is 5.10 Å². The van der Waals surface area contributed by atoms with Gasteiger partial charge in [-0.3, -0.25) is 9.59 Å². The van der Waals surface area contributed by atoms with Gasteiger partial charge in [-0.15, -0.1) is 0 Å². The summed E-state index contributed by atoms with van der Waals surface area (Å²) in [6, 6.07) is 15.5. The number of carbonyl (C=O) groups excluding carboxylic acids is 3. The van der Waals surface area contributed by atoms with Crippen molar-refractivity contribution < 1.29 is 23.9 Å². The Bertz CT molecular complexity index is 1030. The molecule has 0 spiro atoms. The number of benzene rings is 2. The summed E-state index contributed by atoms with van der Waals surface area (Å²) in [5, 5.41) is 6.82. The number of nitrogens with zero attached hydrogens (tertiary/aromatic N) is 2. The number of carbonyl (C=O) groups is 3. The van der Waals surface area contributed by atoms with Crippen LogP contribution in [0.4, 0.5) is 5.69 Å². The first-order chi connectivity index (χ1) is 14.0. The van der Waals surface area contributed by atoms with Crippen molar-refractivity contribution in [3.63, 3.8) is 0 Å². The van der Waals surface area contributed by atoms with Crippen LogP contribution in [0.2, 0.25) is 0 Å². The van der Waals surface area contributed by atoms with Gasteiger partial charge in [-0.1, -0.05) is 18.2 Å². The number of hydrogen-bond donors (Lipinski definition) is 1. The second-order valence-electron chi connectivity index (χ2n) is 6.08. The van der Waals surface area contributed by atoms with Crippen LogP contribution in [-0.2, 0) is 9.53 Å². The van der Waals surface area contributed by atoms with E-state index in [1.54, 1.807) is 30.5 Å². The van der Waals surface area contributed by atoms with Crippen LogP contribution in [0.3, 0.4) is 0 Å². The lowest BCUT2D eigenvalue weighted by Gasteiger charge is -2.05. The molecular formula is C21H19N3O5. The number of ketones is 1. The van der Waals surface area contributed by atoms with Crippen molar-refractivity contribution in [2.45, 2.75) is 6.92 Å². The fourth-order valence-electron chi connectivity index (χ4n) is 2.59.